The van der Waals surface area contributed by atoms with E-state index in [1.54, 1.807) is 0 Å². The van der Waals surface area contributed by atoms with Crippen LogP contribution in [0.25, 0.3) is 0 Å². The van der Waals surface area contributed by atoms with E-state index in [1.165, 1.54) is 0 Å². The van der Waals surface area contributed by atoms with Gasteiger partial charge in [-0.05, 0) is 148 Å². The Hall–Kier alpha value is -6.66. The molecule has 2 saturated carbocycles. The fourth-order valence-electron chi connectivity index (χ4n) is 11.9. The third-order valence-electron chi connectivity index (χ3n) is 16.5. The number of carbonyl (C=O) groups is 2. The maximum atomic E-state index is 15.6. The average Bonchev–Trinajstić information content (AvgIpc) is 4.50. The predicted molar refractivity (Wildman–Crippen MR) is 329 cm³/mol. The number of rotatable bonds is 23. The quantitative estimate of drug-likeness (QED) is 0.0587. The van der Waals surface area contributed by atoms with Gasteiger partial charge in [-0.2, -0.15) is 0 Å². The molecule has 0 aromatic heterocycles. The smallest absolute Gasteiger partial charge is 0.231 e. The number of fused-ring (bicyclic) bond motifs is 2. The summed E-state index contributed by atoms with van der Waals surface area (Å²) in [4.78, 5) is 35.3. The van der Waals surface area contributed by atoms with Gasteiger partial charge in [0.25, 0.3) is 0 Å². The highest BCUT2D eigenvalue weighted by molar-refractivity contribution is 6.37. The summed E-state index contributed by atoms with van der Waals surface area (Å²) in [7, 11) is 0. The number of nitrogens with one attached hydrogen (secondary N) is 2. The zero-order valence-electron chi connectivity index (χ0n) is 47.7. The van der Waals surface area contributed by atoms with E-state index in [2.05, 4.69) is 30.5 Å². The van der Waals surface area contributed by atoms with Gasteiger partial charge in [0, 0.05) is 85.9 Å². The molecule has 2 saturated heterocycles. The van der Waals surface area contributed by atoms with Crippen molar-refractivity contribution >= 4 is 69.6 Å². The SMILES string of the molecule is Cc1cc(Cl)c(OCCOc2ccc(N[C@H]3CCN(N4CC[C@H](Nc5ccc(OCCOc6c(Cl)cc(C)cc6Cl)cc5)C(C(=O)N(Cc5cccc6c5OCO6)C5CC5)C4)CC3C(=O)N(Cc3cccc4c3OCCO4)C3CC3)cc2)c(Cl)c1. The Labute approximate surface area is 516 Å². The van der Waals surface area contributed by atoms with Crippen molar-refractivity contribution in [1.82, 2.24) is 19.8 Å². The summed E-state index contributed by atoms with van der Waals surface area (Å²) >= 11 is 25.7. The Morgan fingerprint density at radius 1 is 0.518 bits per heavy atom. The summed E-state index contributed by atoms with van der Waals surface area (Å²) in [6.07, 6.45) is 5.08. The van der Waals surface area contributed by atoms with Gasteiger partial charge in [0.05, 0.1) is 31.9 Å². The Morgan fingerprint density at radius 3 is 1.38 bits per heavy atom. The van der Waals surface area contributed by atoms with Crippen molar-refractivity contribution in [3.8, 4) is 46.0 Å². The first-order chi connectivity index (χ1) is 41.4. The topological polar surface area (TPSA) is 145 Å². The molecule has 6 aliphatic rings. The molecule has 20 heteroatoms. The molecule has 0 radical (unpaired) electrons. The first kappa shape index (κ1) is 58.7. The first-order valence-electron chi connectivity index (χ1n) is 29.4. The molecule has 4 aliphatic heterocycles. The van der Waals surface area contributed by atoms with Crippen LogP contribution in [0.1, 0.15) is 60.8 Å². The van der Waals surface area contributed by atoms with E-state index in [4.69, 9.17) is 84.3 Å². The number of hydrogen-bond donors (Lipinski definition) is 2. The molecule has 6 aromatic rings. The van der Waals surface area contributed by atoms with Crippen LogP contribution in [0.5, 0.6) is 46.0 Å². The van der Waals surface area contributed by atoms with E-state index in [9.17, 15) is 0 Å². The second-order valence-electron chi connectivity index (χ2n) is 22.7. The second kappa shape index (κ2) is 26.5. The van der Waals surface area contributed by atoms with E-state index < -0.39 is 11.8 Å². The third-order valence-corrected chi connectivity index (χ3v) is 17.6. The molecule has 0 spiro atoms. The second-order valence-corrected chi connectivity index (χ2v) is 24.3. The van der Waals surface area contributed by atoms with Gasteiger partial charge in [0.2, 0.25) is 18.6 Å². The molecule has 2 amide bonds. The van der Waals surface area contributed by atoms with Crippen molar-refractivity contribution in [3.63, 3.8) is 0 Å². The van der Waals surface area contributed by atoms with Crippen molar-refractivity contribution in [2.45, 2.75) is 89.6 Å². The van der Waals surface area contributed by atoms with Crippen LogP contribution in [-0.4, -0.2) is 128 Å². The summed E-state index contributed by atoms with van der Waals surface area (Å²) in [5.41, 5.74) is 5.50. The number of hydrogen-bond acceptors (Lipinski definition) is 14. The number of ether oxygens (including phenoxy) is 8. The molecule has 12 rings (SSSR count). The lowest BCUT2D eigenvalue weighted by Crippen LogP contribution is -2.62. The maximum absolute atomic E-state index is 15.6. The molecule has 16 nitrogen and oxygen atoms in total. The minimum absolute atomic E-state index is 0.0800. The van der Waals surface area contributed by atoms with E-state index in [-0.39, 0.29) is 69.2 Å². The molecule has 2 unspecified atom stereocenters. The lowest BCUT2D eigenvalue weighted by atomic mass is 9.88. The molecule has 0 bridgehead atoms. The summed E-state index contributed by atoms with van der Waals surface area (Å²) in [5, 5.41) is 14.1. The molecule has 2 aliphatic carbocycles. The van der Waals surface area contributed by atoms with Crippen LogP contribution in [0, 0.1) is 25.7 Å². The number of amides is 2. The lowest BCUT2D eigenvalue weighted by Gasteiger charge is -2.49. The number of halogens is 4. The predicted octanol–water partition coefficient (Wildman–Crippen LogP) is 12.5. The Morgan fingerprint density at radius 2 is 0.929 bits per heavy atom. The van der Waals surface area contributed by atoms with Crippen LogP contribution in [-0.2, 0) is 22.7 Å². The Kier molecular flexibility index (Phi) is 18.3. The van der Waals surface area contributed by atoms with Crippen LogP contribution in [0.4, 0.5) is 11.4 Å². The van der Waals surface area contributed by atoms with Gasteiger partial charge in [0.15, 0.2) is 34.5 Å². The van der Waals surface area contributed by atoms with Crippen molar-refractivity contribution < 1.29 is 47.5 Å². The van der Waals surface area contributed by atoms with Crippen LogP contribution < -0.4 is 48.5 Å². The van der Waals surface area contributed by atoms with Gasteiger partial charge in [0.1, 0.15) is 51.1 Å². The number of piperidine rings is 2. The number of hydrazine groups is 1. The summed E-state index contributed by atoms with van der Waals surface area (Å²) in [5.74, 6) is 4.28. The minimum Gasteiger partial charge on any atom is -0.490 e. The van der Waals surface area contributed by atoms with Crippen molar-refractivity contribution in [2.24, 2.45) is 11.8 Å². The summed E-state index contributed by atoms with van der Waals surface area (Å²) in [6.45, 7) is 9.07. The summed E-state index contributed by atoms with van der Waals surface area (Å²) in [6, 6.07) is 34.5. The molecule has 448 valence electrons. The summed E-state index contributed by atoms with van der Waals surface area (Å²) < 4.78 is 47.8. The van der Waals surface area contributed by atoms with Crippen molar-refractivity contribution in [2.75, 3.05) is 83.2 Å². The van der Waals surface area contributed by atoms with E-state index in [0.29, 0.717) is 131 Å². The monoisotopic (exact) mass is 1230 g/mol. The number of carbonyl (C=O) groups excluding carboxylic acids is 2. The number of nitrogens with zero attached hydrogens (tertiary/aromatic N) is 4. The standard InChI is InChI=1S/C65H70Cl4N6O10/c1-40-31-52(66)62(53(67)32-40)82-28-25-78-48-17-9-44(10-18-48)70-56-21-23-72(37-50(56)64(76)74(46-13-14-46)35-42-5-3-7-58-60(42)81-30-27-80-58)73-24-22-57(51(38-73)65(77)75(47-15-16-47)36-43-6-4-8-59-61(43)85-39-84-59)71-45-11-19-49(20-12-45)79-26-29-83-63-54(68)33-41(2)34-55(63)69/h3-12,17-20,31-34,46-47,50-51,56-57,70-71H,13-16,21-30,35-39H2,1-2H3/t50?,51?,56-,57-/m0/s1. The molecule has 4 fully saturated rings. The van der Waals surface area contributed by atoms with Crippen LogP contribution in [0.15, 0.2) is 109 Å². The number of para-hydroxylation sites is 2. The molecule has 6 aromatic carbocycles. The van der Waals surface area contributed by atoms with Crippen molar-refractivity contribution in [3.05, 3.63) is 152 Å². The number of anilines is 2. The Bertz CT molecular complexity index is 3310. The third kappa shape index (κ3) is 14.1. The van der Waals surface area contributed by atoms with E-state index in [0.717, 1.165) is 59.3 Å². The van der Waals surface area contributed by atoms with Crippen LogP contribution in [0.3, 0.4) is 0 Å². The lowest BCUT2D eigenvalue weighted by molar-refractivity contribution is -0.151. The Balaban J connectivity index is 0.765. The maximum Gasteiger partial charge on any atom is 0.231 e. The number of aryl methyl sites for hydroxylation is 2. The van der Waals surface area contributed by atoms with Crippen LogP contribution >= 0.6 is 46.4 Å². The fourth-order valence-corrected chi connectivity index (χ4v) is 13.3. The van der Waals surface area contributed by atoms with Gasteiger partial charge < -0.3 is 58.3 Å². The van der Waals surface area contributed by atoms with Gasteiger partial charge in [-0.3, -0.25) is 9.59 Å². The van der Waals surface area contributed by atoms with Gasteiger partial charge in [-0.15, -0.1) is 0 Å². The van der Waals surface area contributed by atoms with E-state index in [1.807, 2.05) is 123 Å². The normalized spacial score (nSPS) is 20.1. The molecular weight excluding hydrogens is 1170 g/mol. The zero-order valence-corrected chi connectivity index (χ0v) is 50.7. The fraction of sp³-hybridized carbons (Fsp3) is 0.415. The van der Waals surface area contributed by atoms with Gasteiger partial charge in [-0.25, -0.2) is 10.0 Å². The molecule has 2 N–H and O–H groups in total. The molecule has 4 atom stereocenters. The highest BCUT2D eigenvalue weighted by atomic mass is 35.5. The molecule has 4 heterocycles. The largest absolute Gasteiger partial charge is 0.490 e. The molecule has 85 heavy (non-hydrogen) atoms. The van der Waals surface area contributed by atoms with Gasteiger partial charge >= 0.3 is 0 Å². The average molecular weight is 1240 g/mol. The zero-order chi connectivity index (χ0) is 58.6. The highest BCUT2D eigenvalue weighted by Crippen LogP contribution is 2.42. The van der Waals surface area contributed by atoms with E-state index >= 15 is 9.59 Å². The minimum atomic E-state index is -0.444. The van der Waals surface area contributed by atoms with Crippen LogP contribution in [0.2, 0.25) is 20.1 Å². The first-order valence-corrected chi connectivity index (χ1v) is 30.9. The number of benzene rings is 6. The van der Waals surface area contributed by atoms with Crippen molar-refractivity contribution in [1.29, 1.82) is 0 Å². The highest BCUT2D eigenvalue weighted by Gasteiger charge is 2.47. The molecular formula is C65H70Cl4N6O10. The van der Waals surface area contributed by atoms with Gasteiger partial charge in [-0.1, -0.05) is 70.7 Å².